The topological polar surface area (TPSA) is 73.9 Å². The molecular weight excluding hydrogens is 218 g/mol. The van der Waals surface area contributed by atoms with Gasteiger partial charge in [-0.05, 0) is 18.3 Å². The summed E-state index contributed by atoms with van der Waals surface area (Å²) in [4.78, 5) is 14.3. The molecule has 2 N–H and O–H groups in total. The van der Waals surface area contributed by atoms with Gasteiger partial charge in [-0.2, -0.15) is 15.4 Å². The maximum Gasteiger partial charge on any atom is 0.276 e. The molecule has 1 aromatic heterocycles. The maximum atomic E-state index is 12.3. The number of amides is 1. The standard InChI is InChI=1S/C11H17N5O/c1-2-10-8-4-12-3-7(8)6-16(10)11(17)9-5-13-15-14-9/h5,7-8,10,12H,2-4,6H2,1H3,(H,13,14,15). The number of carbonyl (C=O) groups excluding carboxylic acids is 1. The van der Waals surface area contributed by atoms with Gasteiger partial charge in [-0.15, -0.1) is 0 Å². The number of aromatic amines is 1. The molecule has 3 unspecified atom stereocenters. The third-order valence-electron chi connectivity index (χ3n) is 4.03. The summed E-state index contributed by atoms with van der Waals surface area (Å²) in [6.07, 6.45) is 2.51. The SMILES string of the molecule is CCC1C2CNCC2CN1C(=O)c1cn[nH]n1. The van der Waals surface area contributed by atoms with E-state index in [4.69, 9.17) is 0 Å². The molecule has 0 bridgehead atoms. The molecular formula is C11H17N5O. The van der Waals surface area contributed by atoms with Gasteiger partial charge in [0.1, 0.15) is 0 Å². The van der Waals surface area contributed by atoms with Crippen molar-refractivity contribution >= 4 is 5.91 Å². The van der Waals surface area contributed by atoms with Crippen LogP contribution < -0.4 is 5.32 Å². The van der Waals surface area contributed by atoms with Gasteiger partial charge in [0.15, 0.2) is 5.69 Å². The number of nitrogens with one attached hydrogen (secondary N) is 2. The van der Waals surface area contributed by atoms with E-state index in [2.05, 4.69) is 27.7 Å². The molecule has 17 heavy (non-hydrogen) atoms. The molecule has 6 heteroatoms. The van der Waals surface area contributed by atoms with Crippen molar-refractivity contribution < 1.29 is 4.79 Å². The number of fused-ring (bicyclic) bond motifs is 1. The predicted octanol–water partition coefficient (Wildman–Crippen LogP) is -0.125. The van der Waals surface area contributed by atoms with Crippen LogP contribution in [0.2, 0.25) is 0 Å². The number of aromatic nitrogens is 3. The smallest absolute Gasteiger partial charge is 0.276 e. The van der Waals surface area contributed by atoms with Crippen LogP contribution in [-0.2, 0) is 0 Å². The van der Waals surface area contributed by atoms with Crippen LogP contribution in [0, 0.1) is 11.8 Å². The Morgan fingerprint density at radius 2 is 2.47 bits per heavy atom. The second kappa shape index (κ2) is 4.10. The molecule has 2 fully saturated rings. The predicted molar refractivity (Wildman–Crippen MR) is 61.3 cm³/mol. The highest BCUT2D eigenvalue weighted by Crippen LogP contribution is 2.34. The van der Waals surface area contributed by atoms with Crippen molar-refractivity contribution in [3.05, 3.63) is 11.9 Å². The summed E-state index contributed by atoms with van der Waals surface area (Å²) in [5, 5.41) is 13.5. The van der Waals surface area contributed by atoms with Crippen LogP contribution in [0.4, 0.5) is 0 Å². The molecule has 1 aromatic rings. The normalized spacial score (nSPS) is 31.8. The summed E-state index contributed by atoms with van der Waals surface area (Å²) in [6.45, 7) is 5.06. The quantitative estimate of drug-likeness (QED) is 0.749. The number of nitrogens with zero attached hydrogens (tertiary/aromatic N) is 3. The number of H-pyrrole nitrogens is 1. The van der Waals surface area contributed by atoms with Crippen LogP contribution in [0.1, 0.15) is 23.8 Å². The highest BCUT2D eigenvalue weighted by atomic mass is 16.2. The lowest BCUT2D eigenvalue weighted by atomic mass is 9.93. The van der Waals surface area contributed by atoms with Crippen LogP contribution in [0.25, 0.3) is 0 Å². The summed E-state index contributed by atoms with van der Waals surface area (Å²) in [7, 11) is 0. The van der Waals surface area contributed by atoms with E-state index in [0.717, 1.165) is 26.1 Å². The van der Waals surface area contributed by atoms with Crippen molar-refractivity contribution in [2.24, 2.45) is 11.8 Å². The van der Waals surface area contributed by atoms with Gasteiger partial charge in [-0.3, -0.25) is 4.79 Å². The molecule has 6 nitrogen and oxygen atoms in total. The van der Waals surface area contributed by atoms with E-state index in [1.807, 2.05) is 4.90 Å². The summed E-state index contributed by atoms with van der Waals surface area (Å²) < 4.78 is 0. The molecule has 2 aliphatic rings. The maximum absolute atomic E-state index is 12.3. The Balaban J connectivity index is 1.81. The molecule has 0 saturated carbocycles. The van der Waals surface area contributed by atoms with Crippen LogP contribution in [-0.4, -0.2) is 51.9 Å². The summed E-state index contributed by atoms with van der Waals surface area (Å²) in [5.74, 6) is 1.23. The number of hydrogen-bond donors (Lipinski definition) is 2. The van der Waals surface area contributed by atoms with E-state index in [1.165, 1.54) is 6.20 Å². The second-order valence-corrected chi connectivity index (χ2v) is 4.87. The Kier molecular flexibility index (Phi) is 2.58. The zero-order valence-corrected chi connectivity index (χ0v) is 9.89. The molecule has 3 atom stereocenters. The van der Waals surface area contributed by atoms with Crippen molar-refractivity contribution in [2.45, 2.75) is 19.4 Å². The van der Waals surface area contributed by atoms with Crippen molar-refractivity contribution in [3.8, 4) is 0 Å². The van der Waals surface area contributed by atoms with Crippen molar-refractivity contribution in [1.29, 1.82) is 0 Å². The average Bonchev–Trinajstić information content (AvgIpc) is 3.03. The van der Waals surface area contributed by atoms with Crippen molar-refractivity contribution in [1.82, 2.24) is 25.6 Å². The lowest BCUT2D eigenvalue weighted by Gasteiger charge is -2.26. The third kappa shape index (κ3) is 1.63. The van der Waals surface area contributed by atoms with Gasteiger partial charge in [-0.25, -0.2) is 0 Å². The van der Waals surface area contributed by atoms with E-state index in [0.29, 0.717) is 23.6 Å². The van der Waals surface area contributed by atoms with Gasteiger partial charge in [0, 0.05) is 25.7 Å². The minimum absolute atomic E-state index is 0.0139. The largest absolute Gasteiger partial charge is 0.334 e. The van der Waals surface area contributed by atoms with Gasteiger partial charge < -0.3 is 10.2 Å². The minimum atomic E-state index is 0.0139. The highest BCUT2D eigenvalue weighted by Gasteiger charge is 2.45. The first-order valence-electron chi connectivity index (χ1n) is 6.18. The third-order valence-corrected chi connectivity index (χ3v) is 4.03. The first kappa shape index (κ1) is 10.7. The molecule has 2 aliphatic heterocycles. The van der Waals surface area contributed by atoms with Crippen molar-refractivity contribution in [3.63, 3.8) is 0 Å². The van der Waals surface area contributed by atoms with E-state index < -0.39 is 0 Å². The van der Waals surface area contributed by atoms with Gasteiger partial charge in [0.25, 0.3) is 5.91 Å². The lowest BCUT2D eigenvalue weighted by Crippen LogP contribution is -2.39. The lowest BCUT2D eigenvalue weighted by molar-refractivity contribution is 0.0705. The number of rotatable bonds is 2. The summed E-state index contributed by atoms with van der Waals surface area (Å²) in [6, 6.07) is 0.346. The van der Waals surface area contributed by atoms with Crippen LogP contribution >= 0.6 is 0 Å². The molecule has 92 valence electrons. The first-order valence-corrected chi connectivity index (χ1v) is 6.18. The minimum Gasteiger partial charge on any atom is -0.334 e. The summed E-state index contributed by atoms with van der Waals surface area (Å²) in [5.41, 5.74) is 0.427. The fourth-order valence-corrected chi connectivity index (χ4v) is 3.23. The molecule has 0 aliphatic carbocycles. The zero-order valence-electron chi connectivity index (χ0n) is 9.89. The van der Waals surface area contributed by atoms with Crippen molar-refractivity contribution in [2.75, 3.05) is 19.6 Å². The van der Waals surface area contributed by atoms with Crippen LogP contribution in [0.15, 0.2) is 6.20 Å². The Morgan fingerprint density at radius 3 is 3.18 bits per heavy atom. The molecule has 0 radical (unpaired) electrons. The Hall–Kier alpha value is -1.43. The second-order valence-electron chi connectivity index (χ2n) is 4.87. The summed E-state index contributed by atoms with van der Waals surface area (Å²) >= 11 is 0. The molecule has 1 amide bonds. The monoisotopic (exact) mass is 235 g/mol. The number of likely N-dealkylation sites (tertiary alicyclic amines) is 1. The Labute approximate surface area is 99.8 Å². The first-order chi connectivity index (χ1) is 8.31. The number of carbonyl (C=O) groups is 1. The van der Waals surface area contributed by atoms with Crippen LogP contribution in [0.3, 0.4) is 0 Å². The molecule has 2 saturated heterocycles. The molecule has 3 heterocycles. The van der Waals surface area contributed by atoms with Gasteiger partial charge in [0.2, 0.25) is 0 Å². The van der Waals surface area contributed by atoms with Crippen LogP contribution in [0.5, 0.6) is 0 Å². The fourth-order valence-electron chi connectivity index (χ4n) is 3.23. The van der Waals surface area contributed by atoms with Gasteiger partial charge in [-0.1, -0.05) is 6.92 Å². The Morgan fingerprint density at radius 1 is 1.59 bits per heavy atom. The highest BCUT2D eigenvalue weighted by molar-refractivity contribution is 5.92. The average molecular weight is 235 g/mol. The van der Waals surface area contributed by atoms with E-state index >= 15 is 0 Å². The number of hydrogen-bond acceptors (Lipinski definition) is 4. The molecule has 3 rings (SSSR count). The fraction of sp³-hybridized carbons (Fsp3) is 0.727. The Bertz CT molecular complexity index is 404. The van der Waals surface area contributed by atoms with Gasteiger partial charge >= 0.3 is 0 Å². The zero-order chi connectivity index (χ0) is 11.8. The molecule has 0 spiro atoms. The van der Waals surface area contributed by atoms with E-state index in [-0.39, 0.29) is 5.91 Å². The van der Waals surface area contributed by atoms with E-state index in [1.54, 1.807) is 0 Å². The van der Waals surface area contributed by atoms with Gasteiger partial charge in [0.05, 0.1) is 6.20 Å². The van der Waals surface area contributed by atoms with E-state index in [9.17, 15) is 4.79 Å². The molecule has 0 aromatic carbocycles.